The molecule has 0 radical (unpaired) electrons. The number of aliphatic hydroxyl groups excluding tert-OH is 2. The first kappa shape index (κ1) is 20.6. The van der Waals surface area contributed by atoms with Crippen molar-refractivity contribution < 1.29 is 29.3 Å². The second-order valence-corrected chi connectivity index (χ2v) is 5.42. The first-order valence-corrected chi connectivity index (χ1v) is 7.86. The Morgan fingerprint density at radius 2 is 2.05 bits per heavy atom. The van der Waals surface area contributed by atoms with Crippen LogP contribution in [0.3, 0.4) is 0 Å². The maximum atomic E-state index is 9.60. The van der Waals surface area contributed by atoms with Gasteiger partial charge in [-0.3, -0.25) is 0 Å². The number of carboxylic acid groups (broad SMARTS) is 1. The van der Waals surface area contributed by atoms with Gasteiger partial charge in [-0.05, 0) is 26.3 Å². The van der Waals surface area contributed by atoms with Crippen LogP contribution in [0.2, 0.25) is 6.04 Å². The number of ether oxygens (including phenoxy) is 1. The van der Waals surface area contributed by atoms with E-state index in [1.165, 1.54) is 6.92 Å². The third-order valence-electron chi connectivity index (χ3n) is 1.92. The minimum absolute atomic E-state index is 0.176. The molecule has 0 aliphatic heterocycles. The molecule has 0 aliphatic carbocycles. The first-order valence-electron chi connectivity index (χ1n) is 6.28. The van der Waals surface area contributed by atoms with Crippen molar-refractivity contribution >= 4 is 15.7 Å². The lowest BCUT2D eigenvalue weighted by Gasteiger charge is -2.07. The summed E-state index contributed by atoms with van der Waals surface area (Å²) in [5, 5.41) is 25.3. The molecule has 1 atom stereocenters. The summed E-state index contributed by atoms with van der Waals surface area (Å²) in [6.07, 6.45) is 0.258. The number of hydrogen-bond donors (Lipinski definition) is 3. The highest BCUT2D eigenvalue weighted by molar-refractivity contribution is 6.26. The summed E-state index contributed by atoms with van der Waals surface area (Å²) in [7, 11) is -0.333. The monoisotopic (exact) mass is 294 g/mol. The Morgan fingerprint density at radius 1 is 1.47 bits per heavy atom. The molecule has 0 bridgehead atoms. The quantitative estimate of drug-likeness (QED) is 0.296. The Morgan fingerprint density at radius 3 is 2.47 bits per heavy atom. The van der Waals surface area contributed by atoms with Crippen molar-refractivity contribution in [1.29, 1.82) is 0 Å². The molecule has 19 heavy (non-hydrogen) atoms. The molecule has 3 N–H and O–H groups in total. The largest absolute Gasteiger partial charge is 0.478 e. The molecule has 0 rings (SSSR count). The normalized spacial score (nSPS) is 12.0. The second kappa shape index (κ2) is 15.3. The Kier molecular flexibility index (Phi) is 16.6. The number of aliphatic carboxylic acids is 1. The van der Waals surface area contributed by atoms with E-state index in [0.717, 1.165) is 19.1 Å². The zero-order valence-electron chi connectivity index (χ0n) is 11.8. The lowest BCUT2D eigenvalue weighted by atomic mass is 10.4. The summed E-state index contributed by atoms with van der Waals surface area (Å²) in [5.74, 6) is -0.935. The van der Waals surface area contributed by atoms with Crippen LogP contribution >= 0.6 is 0 Å². The summed E-state index contributed by atoms with van der Waals surface area (Å²) in [6.45, 7) is 8.07. The summed E-state index contributed by atoms with van der Waals surface area (Å²) in [4.78, 5) is 9.60. The van der Waals surface area contributed by atoms with Crippen LogP contribution in [0.5, 0.6) is 0 Å². The van der Waals surface area contributed by atoms with E-state index in [-0.39, 0.29) is 28.5 Å². The summed E-state index contributed by atoms with van der Waals surface area (Å²) in [5.41, 5.74) is 0.176. The van der Waals surface area contributed by atoms with Crippen LogP contribution in [0.25, 0.3) is 0 Å². The Hall–Kier alpha value is -0.733. The third kappa shape index (κ3) is 19.8. The summed E-state index contributed by atoms with van der Waals surface area (Å²) in [6, 6.07) is 1.11. The SMILES string of the molecule is C=C(C)C(=O)O.CCO[SiH2]CCCOCC(O)CO. The number of carboxylic acids is 1. The van der Waals surface area contributed by atoms with Crippen molar-refractivity contribution in [3.05, 3.63) is 12.2 Å². The average molecular weight is 294 g/mol. The maximum absolute atomic E-state index is 9.60. The van der Waals surface area contributed by atoms with Gasteiger partial charge in [-0.25, -0.2) is 4.79 Å². The highest BCUT2D eigenvalue weighted by Crippen LogP contribution is 1.92. The summed E-state index contributed by atoms with van der Waals surface area (Å²) >= 11 is 0. The van der Waals surface area contributed by atoms with Crippen LogP contribution < -0.4 is 0 Å². The van der Waals surface area contributed by atoms with Gasteiger partial charge in [0.15, 0.2) is 9.76 Å². The first-order chi connectivity index (χ1) is 8.95. The third-order valence-corrected chi connectivity index (χ3v) is 3.40. The zero-order valence-corrected chi connectivity index (χ0v) is 13.2. The predicted molar refractivity (Wildman–Crippen MR) is 76.0 cm³/mol. The van der Waals surface area contributed by atoms with Crippen LogP contribution in [0.4, 0.5) is 0 Å². The van der Waals surface area contributed by atoms with E-state index in [1.807, 2.05) is 6.92 Å². The molecule has 114 valence electrons. The molecule has 0 aromatic rings. The van der Waals surface area contributed by atoms with Crippen molar-refractivity contribution in [3.63, 3.8) is 0 Å². The van der Waals surface area contributed by atoms with Gasteiger partial charge in [0.05, 0.1) is 13.2 Å². The van der Waals surface area contributed by atoms with Crippen LogP contribution in [0.15, 0.2) is 12.2 Å². The van der Waals surface area contributed by atoms with Crippen molar-refractivity contribution in [2.45, 2.75) is 32.4 Å². The molecule has 0 amide bonds. The van der Waals surface area contributed by atoms with Gasteiger partial charge in [0.2, 0.25) is 0 Å². The lowest BCUT2D eigenvalue weighted by molar-refractivity contribution is -0.132. The smallest absolute Gasteiger partial charge is 0.330 e. The Bertz CT molecular complexity index is 222. The molecule has 6 nitrogen and oxygen atoms in total. The minimum Gasteiger partial charge on any atom is -0.478 e. The van der Waals surface area contributed by atoms with E-state index < -0.39 is 12.1 Å². The predicted octanol–water partition coefficient (Wildman–Crippen LogP) is -0.0680. The van der Waals surface area contributed by atoms with E-state index in [2.05, 4.69) is 6.58 Å². The molecular formula is C12H26O6Si. The van der Waals surface area contributed by atoms with Crippen LogP contribution in [0, 0.1) is 0 Å². The molecule has 0 saturated carbocycles. The van der Waals surface area contributed by atoms with Gasteiger partial charge in [0, 0.05) is 18.8 Å². The van der Waals surface area contributed by atoms with Crippen LogP contribution in [0.1, 0.15) is 20.3 Å². The molecule has 7 heteroatoms. The summed E-state index contributed by atoms with van der Waals surface area (Å²) < 4.78 is 10.4. The van der Waals surface area contributed by atoms with Gasteiger partial charge in [-0.1, -0.05) is 6.58 Å². The van der Waals surface area contributed by atoms with E-state index in [1.54, 1.807) is 0 Å². The molecule has 0 aromatic heterocycles. The molecule has 0 heterocycles. The molecule has 0 spiro atoms. The molecule has 0 saturated heterocycles. The molecule has 0 aromatic carbocycles. The number of rotatable bonds is 10. The van der Waals surface area contributed by atoms with Crippen LogP contribution in [-0.2, 0) is 14.0 Å². The van der Waals surface area contributed by atoms with Gasteiger partial charge < -0.3 is 24.5 Å². The fourth-order valence-electron chi connectivity index (χ4n) is 0.825. The number of hydrogen-bond acceptors (Lipinski definition) is 5. The number of aliphatic hydroxyl groups is 2. The number of carbonyl (C=O) groups is 1. The van der Waals surface area contributed by atoms with Gasteiger partial charge in [0.1, 0.15) is 6.10 Å². The van der Waals surface area contributed by atoms with E-state index in [9.17, 15) is 4.79 Å². The standard InChI is InChI=1S/C8H20O4Si.C4H6O2/c1-2-12-13-5-3-4-11-7-8(10)6-9;1-3(2)4(5)6/h8-10H,2-7,13H2,1H3;1H2,2H3,(H,5,6). The van der Waals surface area contributed by atoms with Gasteiger partial charge in [-0.15, -0.1) is 0 Å². The topological polar surface area (TPSA) is 96.2 Å². The highest BCUT2D eigenvalue weighted by atomic mass is 28.2. The van der Waals surface area contributed by atoms with Crippen molar-refractivity contribution in [2.75, 3.05) is 26.4 Å². The second-order valence-electron chi connectivity index (χ2n) is 3.90. The van der Waals surface area contributed by atoms with Crippen molar-refractivity contribution in [3.8, 4) is 0 Å². The van der Waals surface area contributed by atoms with Crippen LogP contribution in [-0.4, -0.2) is 63.6 Å². The Balaban J connectivity index is 0. The maximum Gasteiger partial charge on any atom is 0.330 e. The van der Waals surface area contributed by atoms with Crippen molar-refractivity contribution in [2.24, 2.45) is 0 Å². The lowest BCUT2D eigenvalue weighted by Crippen LogP contribution is -2.19. The minimum atomic E-state index is -0.935. The van der Waals surface area contributed by atoms with Gasteiger partial charge in [-0.2, -0.15) is 0 Å². The fraction of sp³-hybridized carbons (Fsp3) is 0.750. The molecule has 0 fully saturated rings. The zero-order chi connectivity index (χ0) is 15.1. The Labute approximate surface area is 117 Å². The van der Waals surface area contributed by atoms with E-state index in [4.69, 9.17) is 24.5 Å². The molecule has 1 unspecified atom stereocenters. The molecular weight excluding hydrogens is 268 g/mol. The van der Waals surface area contributed by atoms with E-state index in [0.29, 0.717) is 6.61 Å². The molecule has 0 aliphatic rings. The van der Waals surface area contributed by atoms with Gasteiger partial charge in [0.25, 0.3) is 0 Å². The average Bonchev–Trinajstić information content (AvgIpc) is 2.38. The van der Waals surface area contributed by atoms with Crippen molar-refractivity contribution in [1.82, 2.24) is 0 Å². The fourth-order valence-corrected chi connectivity index (χ4v) is 1.73. The highest BCUT2D eigenvalue weighted by Gasteiger charge is 2.00. The van der Waals surface area contributed by atoms with Gasteiger partial charge >= 0.3 is 5.97 Å². The van der Waals surface area contributed by atoms with E-state index >= 15 is 0 Å².